The van der Waals surface area contributed by atoms with Crippen molar-refractivity contribution >= 4 is 35.3 Å². The maximum absolute atomic E-state index is 14.5. The molecule has 1 saturated heterocycles. The number of amidine groups is 1. The lowest BCUT2D eigenvalue weighted by molar-refractivity contribution is -0.104. The van der Waals surface area contributed by atoms with Gasteiger partial charge in [-0.3, -0.25) is 4.79 Å². The average Bonchev–Trinajstić information content (AvgIpc) is 2.55. The number of hydrogen-bond acceptors (Lipinski definition) is 4. The quantitative estimate of drug-likeness (QED) is 0.366. The number of carbonyl (C=O) groups excluding carboxylic acids is 1. The van der Waals surface area contributed by atoms with Gasteiger partial charge in [-0.1, -0.05) is 0 Å². The predicted molar refractivity (Wildman–Crippen MR) is 97.3 cm³/mol. The summed E-state index contributed by atoms with van der Waals surface area (Å²) in [6.07, 6.45) is 2.10. The first kappa shape index (κ1) is 17.5. The van der Waals surface area contributed by atoms with Crippen LogP contribution in [0.5, 0.6) is 0 Å². The minimum absolute atomic E-state index is 0.214. The van der Waals surface area contributed by atoms with Gasteiger partial charge in [0.15, 0.2) is 0 Å². The van der Waals surface area contributed by atoms with Crippen molar-refractivity contribution in [3.63, 3.8) is 0 Å². The molecule has 23 heavy (non-hydrogen) atoms. The third-order valence-electron chi connectivity index (χ3n) is 3.80. The summed E-state index contributed by atoms with van der Waals surface area (Å²) in [5.41, 5.74) is 2.01. The van der Waals surface area contributed by atoms with Gasteiger partial charge in [-0.15, -0.1) is 0 Å². The van der Waals surface area contributed by atoms with E-state index in [1.54, 1.807) is 11.8 Å². The number of carbonyl (C=O) groups is 1. The average molecular weight is 335 g/mol. The van der Waals surface area contributed by atoms with Crippen molar-refractivity contribution in [3.8, 4) is 0 Å². The number of anilines is 2. The Balaban J connectivity index is 2.18. The van der Waals surface area contributed by atoms with Crippen LogP contribution in [0.2, 0.25) is 0 Å². The second-order valence-electron chi connectivity index (χ2n) is 5.40. The molecule has 0 radical (unpaired) electrons. The largest absolute Gasteiger partial charge is 0.368 e. The predicted octanol–water partition coefficient (Wildman–Crippen LogP) is 3.34. The Morgan fingerprint density at radius 3 is 2.65 bits per heavy atom. The van der Waals surface area contributed by atoms with E-state index in [9.17, 15) is 9.18 Å². The van der Waals surface area contributed by atoms with Crippen LogP contribution in [-0.4, -0.2) is 43.8 Å². The second kappa shape index (κ2) is 8.15. The van der Waals surface area contributed by atoms with Gasteiger partial charge in [0, 0.05) is 43.0 Å². The number of nitrogens with zero attached hydrogens (tertiary/aromatic N) is 3. The van der Waals surface area contributed by atoms with Crippen molar-refractivity contribution in [1.29, 1.82) is 0 Å². The van der Waals surface area contributed by atoms with Gasteiger partial charge in [0.05, 0.1) is 5.69 Å². The van der Waals surface area contributed by atoms with Gasteiger partial charge in [-0.05, 0) is 38.1 Å². The van der Waals surface area contributed by atoms with Crippen LogP contribution in [0.15, 0.2) is 35.0 Å². The molecule has 1 aromatic rings. The molecule has 0 N–H and O–H groups in total. The van der Waals surface area contributed by atoms with Crippen LogP contribution in [0.25, 0.3) is 0 Å². The molecule has 0 bridgehead atoms. The van der Waals surface area contributed by atoms with Crippen molar-refractivity contribution in [3.05, 3.63) is 35.8 Å². The monoisotopic (exact) mass is 335 g/mol. The van der Waals surface area contributed by atoms with Crippen LogP contribution >= 0.6 is 11.8 Å². The third kappa shape index (κ3) is 4.58. The maximum Gasteiger partial charge on any atom is 0.148 e. The molecule has 0 atom stereocenters. The van der Waals surface area contributed by atoms with Crippen molar-refractivity contribution in [2.45, 2.75) is 13.8 Å². The van der Waals surface area contributed by atoms with E-state index in [0.717, 1.165) is 30.3 Å². The zero-order valence-electron chi connectivity index (χ0n) is 13.8. The number of thioether (sulfide) groups is 1. The summed E-state index contributed by atoms with van der Waals surface area (Å²) in [4.78, 5) is 18.7. The van der Waals surface area contributed by atoms with E-state index < -0.39 is 0 Å². The lowest BCUT2D eigenvalue weighted by Gasteiger charge is -2.29. The Hall–Kier alpha value is -1.82. The van der Waals surface area contributed by atoms with Crippen molar-refractivity contribution in [2.75, 3.05) is 41.4 Å². The molecule has 6 heteroatoms. The Labute approximate surface area is 141 Å². The molecule has 1 heterocycles. The maximum atomic E-state index is 14.5. The van der Waals surface area contributed by atoms with Crippen molar-refractivity contribution in [2.24, 2.45) is 4.99 Å². The topological polar surface area (TPSA) is 35.9 Å². The van der Waals surface area contributed by atoms with Gasteiger partial charge >= 0.3 is 0 Å². The van der Waals surface area contributed by atoms with E-state index >= 15 is 0 Å². The molecule has 0 aromatic heterocycles. The minimum Gasteiger partial charge on any atom is -0.368 e. The molecule has 2 rings (SSSR count). The van der Waals surface area contributed by atoms with Gasteiger partial charge in [0.2, 0.25) is 0 Å². The van der Waals surface area contributed by atoms with E-state index in [0.29, 0.717) is 23.5 Å². The van der Waals surface area contributed by atoms with Gasteiger partial charge < -0.3 is 9.80 Å². The standard InChI is InChI=1S/C17H22FN3OS/c1-13(6-9-22)19-14(2)20(3)15-4-5-17(16(18)12-15)21-7-10-23-11-8-21/h4-6,9,12H,7-8,10-11H2,1-3H3/b13-6-,19-14?. The first-order chi connectivity index (χ1) is 11.0. The minimum atomic E-state index is -0.214. The van der Waals surface area contributed by atoms with Crippen LogP contribution in [0.3, 0.4) is 0 Å². The molecule has 4 nitrogen and oxygen atoms in total. The fraction of sp³-hybridized carbons (Fsp3) is 0.412. The van der Waals surface area contributed by atoms with Crippen molar-refractivity contribution < 1.29 is 9.18 Å². The van der Waals surface area contributed by atoms with E-state index in [1.165, 1.54) is 12.1 Å². The smallest absolute Gasteiger partial charge is 0.148 e. The first-order valence-corrected chi connectivity index (χ1v) is 8.71. The molecular formula is C17H22FN3OS. The lowest BCUT2D eigenvalue weighted by Crippen LogP contribution is -2.33. The zero-order valence-corrected chi connectivity index (χ0v) is 14.6. The number of aliphatic imine (C=N–C) groups is 1. The molecule has 1 fully saturated rings. The molecule has 0 aliphatic carbocycles. The number of aldehydes is 1. The fourth-order valence-electron chi connectivity index (χ4n) is 2.42. The number of hydrogen-bond donors (Lipinski definition) is 0. The fourth-order valence-corrected chi connectivity index (χ4v) is 3.32. The van der Waals surface area contributed by atoms with Gasteiger partial charge in [-0.2, -0.15) is 11.8 Å². The summed E-state index contributed by atoms with van der Waals surface area (Å²) in [7, 11) is 1.83. The van der Waals surface area contributed by atoms with E-state index in [4.69, 9.17) is 0 Å². The third-order valence-corrected chi connectivity index (χ3v) is 4.75. The van der Waals surface area contributed by atoms with E-state index in [-0.39, 0.29) is 5.82 Å². The van der Waals surface area contributed by atoms with Crippen LogP contribution < -0.4 is 9.80 Å². The molecule has 0 unspecified atom stereocenters. The summed E-state index contributed by atoms with van der Waals surface area (Å²) in [6, 6.07) is 5.27. The summed E-state index contributed by atoms with van der Waals surface area (Å²) in [5.74, 6) is 2.56. The van der Waals surface area contributed by atoms with Crippen LogP contribution in [0.4, 0.5) is 15.8 Å². The van der Waals surface area contributed by atoms with E-state index in [2.05, 4.69) is 9.89 Å². The zero-order chi connectivity index (χ0) is 16.8. The van der Waals surface area contributed by atoms with Crippen LogP contribution in [-0.2, 0) is 4.79 Å². The summed E-state index contributed by atoms with van der Waals surface area (Å²) in [6.45, 7) is 5.35. The highest BCUT2D eigenvalue weighted by Gasteiger charge is 2.16. The highest BCUT2D eigenvalue weighted by atomic mass is 32.2. The van der Waals surface area contributed by atoms with Crippen LogP contribution in [0.1, 0.15) is 13.8 Å². The molecule has 0 saturated carbocycles. The number of rotatable bonds is 4. The van der Waals surface area contributed by atoms with Gasteiger partial charge in [-0.25, -0.2) is 9.38 Å². The summed E-state index contributed by atoms with van der Waals surface area (Å²) >= 11 is 1.90. The second-order valence-corrected chi connectivity index (χ2v) is 6.62. The van der Waals surface area contributed by atoms with Gasteiger partial charge in [0.1, 0.15) is 17.9 Å². The SMILES string of the molecule is CC(=N/C(C)=C\C=O)N(C)c1ccc(N2CCSCC2)c(F)c1. The number of allylic oxidation sites excluding steroid dienone is 2. The molecule has 0 amide bonds. The van der Waals surface area contributed by atoms with E-state index in [1.807, 2.05) is 37.9 Å². The molecular weight excluding hydrogens is 313 g/mol. The highest BCUT2D eigenvalue weighted by molar-refractivity contribution is 7.99. The Morgan fingerprint density at radius 1 is 1.35 bits per heavy atom. The molecule has 1 aromatic carbocycles. The Morgan fingerprint density at radius 2 is 2.04 bits per heavy atom. The van der Waals surface area contributed by atoms with Crippen molar-refractivity contribution in [1.82, 2.24) is 0 Å². The summed E-state index contributed by atoms with van der Waals surface area (Å²) < 4.78 is 14.5. The number of benzene rings is 1. The van der Waals surface area contributed by atoms with Crippen LogP contribution in [0, 0.1) is 5.82 Å². The first-order valence-electron chi connectivity index (χ1n) is 7.56. The normalized spacial score (nSPS) is 16.4. The number of halogens is 1. The molecule has 124 valence electrons. The lowest BCUT2D eigenvalue weighted by atomic mass is 10.2. The molecule has 1 aliphatic rings. The summed E-state index contributed by atoms with van der Waals surface area (Å²) in [5, 5.41) is 0. The molecule has 1 aliphatic heterocycles. The Kier molecular flexibility index (Phi) is 6.21. The van der Waals surface area contributed by atoms with Gasteiger partial charge in [0.25, 0.3) is 0 Å². The molecule has 0 spiro atoms. The highest BCUT2D eigenvalue weighted by Crippen LogP contribution is 2.27. The Bertz CT molecular complexity index is 624.